The number of ether oxygens (including phenoxy) is 4. The van der Waals surface area contributed by atoms with Crippen molar-refractivity contribution in [1.82, 2.24) is 17.2 Å². The predicted octanol–water partition coefficient (Wildman–Crippen LogP) is 3.00. The predicted molar refractivity (Wildman–Crippen MR) is 272 cm³/mol. The van der Waals surface area contributed by atoms with Crippen LogP contribution in [0.3, 0.4) is 0 Å². The van der Waals surface area contributed by atoms with Gasteiger partial charge in [-0.1, -0.05) is 0 Å². The Morgan fingerprint density at radius 2 is 0.456 bits per heavy atom. The topological polar surface area (TPSA) is 348 Å². The van der Waals surface area contributed by atoms with Crippen LogP contribution < -0.4 is 0 Å². The summed E-state index contributed by atoms with van der Waals surface area (Å²) < 4.78 is 272. The molecule has 24 nitrogen and oxygen atoms in total. The van der Waals surface area contributed by atoms with E-state index in [1.165, 1.54) is 27.7 Å². The summed E-state index contributed by atoms with van der Waals surface area (Å²) in [5, 5.41) is 74.2. The number of aliphatic hydroxyl groups excluding tert-OH is 4. The number of benzene rings is 4. The Labute approximate surface area is 531 Å². The van der Waals surface area contributed by atoms with Gasteiger partial charge in [-0.2, -0.15) is 69.9 Å². The van der Waals surface area contributed by atoms with E-state index >= 15 is 0 Å². The zero-order valence-electron chi connectivity index (χ0n) is 46.1. The first kappa shape index (κ1) is 80.7. The van der Waals surface area contributed by atoms with Gasteiger partial charge in [0.25, 0.3) is 0 Å². The molecule has 0 amide bonds. The van der Waals surface area contributed by atoms with Crippen LogP contribution in [-0.4, -0.2) is 192 Å². The second-order valence-electron chi connectivity index (χ2n) is 19.3. The molecule has 0 unspecified atom stereocenters. The van der Waals surface area contributed by atoms with E-state index in [1.54, 1.807) is 0 Å². The number of hydrogen-bond acceptors (Lipinski definition) is 20. The van der Waals surface area contributed by atoms with Crippen molar-refractivity contribution < 1.29 is 185 Å². The third-order valence-electron chi connectivity index (χ3n) is 13.5. The molecule has 0 aliphatic carbocycles. The van der Waals surface area contributed by atoms with Crippen LogP contribution in [0.4, 0.5) is 52.7 Å². The Hall–Kier alpha value is -3.55. The number of nitrogens with zero attached hydrogens (tertiary/aromatic N) is 4. The number of halogens is 12. The maximum atomic E-state index is 12.5. The molecule has 0 bridgehead atoms. The molecule has 8 N–H and O–H groups in total. The van der Waals surface area contributed by atoms with Crippen LogP contribution >= 0.6 is 0 Å². The van der Waals surface area contributed by atoms with Crippen molar-refractivity contribution in [2.75, 3.05) is 26.9 Å². The van der Waals surface area contributed by atoms with E-state index in [2.05, 4.69) is 0 Å². The summed E-state index contributed by atoms with van der Waals surface area (Å²) in [5.74, 6) is 0. The van der Waals surface area contributed by atoms with Gasteiger partial charge in [0.1, 0.15) is 51.1 Å². The first-order valence-corrected chi connectivity index (χ1v) is 30.6. The van der Waals surface area contributed by atoms with Crippen molar-refractivity contribution >= 4 is 40.1 Å². The van der Waals surface area contributed by atoms with Crippen molar-refractivity contribution in [3.8, 4) is 0 Å². The van der Waals surface area contributed by atoms with E-state index in [0.717, 1.165) is 48.5 Å². The first-order chi connectivity index (χ1) is 40.2. The average molecular weight is 1570 g/mol. The molecular weight excluding hydrogens is 1510 g/mol. The Morgan fingerprint density at radius 3 is 0.567 bits per heavy atom. The van der Waals surface area contributed by atoms with E-state index in [-0.39, 0.29) is 58.5 Å². The van der Waals surface area contributed by atoms with Crippen molar-refractivity contribution in [1.29, 1.82) is 0 Å². The minimum Gasteiger partial charge on any atom is -0.367 e. The van der Waals surface area contributed by atoms with Gasteiger partial charge in [-0.05, 0) is 125 Å². The minimum absolute atomic E-state index is 0. The molecule has 4 saturated heterocycles. The summed E-state index contributed by atoms with van der Waals surface area (Å²) in [6.45, 7) is 4.22. The van der Waals surface area contributed by atoms with Gasteiger partial charge in [0.05, 0.1) is 66.3 Å². The molecular formula is C48H56F12N4O20Rh2S4. The molecule has 90 heavy (non-hydrogen) atoms. The molecule has 4 heterocycles. The van der Waals surface area contributed by atoms with Crippen LogP contribution in [0.5, 0.6) is 0 Å². The molecule has 4 fully saturated rings. The van der Waals surface area contributed by atoms with E-state index < -0.39 is 188 Å². The maximum Gasteiger partial charge on any atom is 0.416 e. The largest absolute Gasteiger partial charge is 0.416 e. The summed E-state index contributed by atoms with van der Waals surface area (Å²) in [5.41, 5.74) is -3.90. The van der Waals surface area contributed by atoms with Crippen LogP contribution in [0.15, 0.2) is 117 Å². The Bertz CT molecular complexity index is 2980. The molecule has 8 rings (SSSR count). The monoisotopic (exact) mass is 1570 g/mol. The summed E-state index contributed by atoms with van der Waals surface area (Å²) >= 11 is 0. The van der Waals surface area contributed by atoms with Gasteiger partial charge in [-0.25, -0.2) is 33.7 Å². The second-order valence-corrected chi connectivity index (χ2v) is 26.8. The molecule has 4 aromatic carbocycles. The molecule has 4 aromatic rings. The Morgan fingerprint density at radius 1 is 0.322 bits per heavy atom. The molecule has 4 aliphatic heterocycles. The average Bonchev–Trinajstić information content (AvgIpc) is 1.62. The van der Waals surface area contributed by atoms with Gasteiger partial charge >= 0.3 is 24.7 Å². The molecule has 8 atom stereocenters. The van der Waals surface area contributed by atoms with Crippen LogP contribution in [-0.2, 0) is 123 Å². The molecule has 514 valence electrons. The molecule has 0 saturated carbocycles. The van der Waals surface area contributed by atoms with Crippen molar-refractivity contribution in [3.05, 3.63) is 119 Å². The SMILES string of the molecule is C[C@H]1OCN(S(=O)(=O)c2ccc(C(F)(F)F)cc2)[C@@H]1C(O)O.C[C@H]1OCN(S(=O)(=O)c2ccc(C(F)(F)F)cc2)[C@@H]1C(O)O.C[C@H]1OCN(S(=O)(=O)c2ccc(C(F)(F)F)cc2)[C@@H]1C(O)O.C[C@H]1OCN(S(=O)(=O)c2ccc(C(F)(F)F)cc2)[C@@H]1C(O)O.[Rh].[Rh]. The normalized spacial score (nSPS) is 23.6. The van der Waals surface area contributed by atoms with Gasteiger partial charge in [-0.15, -0.1) is 0 Å². The fourth-order valence-electron chi connectivity index (χ4n) is 8.73. The van der Waals surface area contributed by atoms with E-state index in [9.17, 15) is 127 Å². The number of aliphatic hydroxyl groups is 8. The van der Waals surface area contributed by atoms with E-state index in [1.807, 2.05) is 0 Å². The van der Waals surface area contributed by atoms with Crippen molar-refractivity contribution in [2.24, 2.45) is 0 Å². The van der Waals surface area contributed by atoms with E-state index in [4.69, 9.17) is 18.9 Å². The number of alkyl halides is 12. The van der Waals surface area contributed by atoms with Crippen molar-refractivity contribution in [2.45, 2.75) is 146 Å². The standard InChI is InChI=1S/4C12H14F3NO5S.2Rh/c4*1-7-10(11(17)18)16(6-21-7)22(19,20)9-4-2-8(3-5-9)12(13,14)15;;/h4*2-5,7,10-11,17-18H,6H2,1H3;;/t4*7-,10+;;/m1111../s1. The number of rotatable bonds is 12. The fourth-order valence-corrected chi connectivity index (χ4v) is 14.9. The fraction of sp³-hybridized carbons (Fsp3) is 0.500. The minimum atomic E-state index is -4.57. The first-order valence-electron chi connectivity index (χ1n) is 24.9. The second kappa shape index (κ2) is 30.9. The van der Waals surface area contributed by atoms with Crippen molar-refractivity contribution in [3.63, 3.8) is 0 Å². The van der Waals surface area contributed by atoms with E-state index in [0.29, 0.717) is 65.8 Å². The number of hydrogen-bond donors (Lipinski definition) is 8. The van der Waals surface area contributed by atoms with Crippen LogP contribution in [0.25, 0.3) is 0 Å². The number of sulfonamides is 4. The van der Waals surface area contributed by atoms with Crippen LogP contribution in [0, 0.1) is 0 Å². The van der Waals surface area contributed by atoms with Crippen LogP contribution in [0.2, 0.25) is 0 Å². The smallest absolute Gasteiger partial charge is 0.367 e. The summed E-state index contributed by atoms with van der Waals surface area (Å²) in [7, 11) is -16.8. The molecule has 0 aromatic heterocycles. The quantitative estimate of drug-likeness (QED) is 0.0574. The Kier molecular flexibility index (Phi) is 27.7. The summed E-state index contributed by atoms with van der Waals surface area (Å²) in [4.78, 5) is -1.54. The third kappa shape index (κ3) is 18.9. The van der Waals surface area contributed by atoms with Gasteiger partial charge in [0.15, 0.2) is 25.2 Å². The van der Waals surface area contributed by atoms with Gasteiger partial charge < -0.3 is 59.8 Å². The molecule has 0 spiro atoms. The van der Waals surface area contributed by atoms with Gasteiger partial charge in [-0.3, -0.25) is 0 Å². The van der Waals surface area contributed by atoms with Gasteiger partial charge in [0.2, 0.25) is 40.1 Å². The van der Waals surface area contributed by atoms with Gasteiger partial charge in [0, 0.05) is 39.0 Å². The summed E-state index contributed by atoms with van der Waals surface area (Å²) in [6, 6.07) is 6.86. The molecule has 2 radical (unpaired) electrons. The Balaban J connectivity index is 0.000000311. The summed E-state index contributed by atoms with van der Waals surface area (Å²) in [6.07, 6.45) is -29.2. The molecule has 42 heteroatoms. The zero-order chi connectivity index (χ0) is 66.8. The zero-order valence-corrected chi connectivity index (χ0v) is 52.6. The molecule has 4 aliphatic rings. The maximum absolute atomic E-state index is 12.5. The third-order valence-corrected chi connectivity index (χ3v) is 20.8. The van der Waals surface area contributed by atoms with Crippen LogP contribution in [0.1, 0.15) is 49.9 Å².